The van der Waals surface area contributed by atoms with Crippen molar-refractivity contribution in [3.8, 4) is 5.75 Å². The number of rotatable bonds is 7. The fourth-order valence-electron chi connectivity index (χ4n) is 3.55. The summed E-state index contributed by atoms with van der Waals surface area (Å²) in [5.74, 6) is -0.391. The van der Waals surface area contributed by atoms with E-state index < -0.39 is 5.82 Å². The van der Waals surface area contributed by atoms with Gasteiger partial charge in [-0.1, -0.05) is 23.2 Å². The Bertz CT molecular complexity index is 1150. The van der Waals surface area contributed by atoms with E-state index in [1.165, 1.54) is 23.5 Å². The Morgan fingerprint density at radius 1 is 1.19 bits per heavy atom. The van der Waals surface area contributed by atoms with Gasteiger partial charge in [-0.2, -0.15) is 0 Å². The number of ketones is 1. The van der Waals surface area contributed by atoms with Crippen LogP contribution < -0.4 is 10.2 Å². The molecule has 1 N–H and O–H groups in total. The van der Waals surface area contributed by atoms with E-state index in [-0.39, 0.29) is 35.0 Å². The van der Waals surface area contributed by atoms with E-state index >= 15 is 0 Å². The van der Waals surface area contributed by atoms with Crippen LogP contribution in [-0.2, 0) is 4.79 Å². The lowest BCUT2D eigenvalue weighted by molar-refractivity contribution is -0.122. The van der Waals surface area contributed by atoms with E-state index in [2.05, 4.69) is 10.4 Å². The lowest BCUT2D eigenvalue weighted by Gasteiger charge is -2.31. The van der Waals surface area contributed by atoms with Crippen LogP contribution in [0.1, 0.15) is 29.1 Å². The van der Waals surface area contributed by atoms with Crippen molar-refractivity contribution in [2.75, 3.05) is 19.7 Å². The molecule has 0 bridgehead atoms. The van der Waals surface area contributed by atoms with Gasteiger partial charge in [0.15, 0.2) is 10.8 Å². The Balaban J connectivity index is 1.21. The summed E-state index contributed by atoms with van der Waals surface area (Å²) in [7, 11) is 0. The van der Waals surface area contributed by atoms with Crippen LogP contribution in [0.2, 0.25) is 10.0 Å². The SMILES string of the molecule is O=C(COc1ccc(Cl)c(F)c1)CC1CCN(NC(=O)c2nc3cc(Cl)ccc3s2)CC1. The second-order valence-electron chi connectivity index (χ2n) is 7.61. The van der Waals surface area contributed by atoms with Crippen molar-refractivity contribution in [3.05, 3.63) is 57.3 Å². The van der Waals surface area contributed by atoms with Gasteiger partial charge in [0.25, 0.3) is 5.91 Å². The van der Waals surface area contributed by atoms with Crippen LogP contribution >= 0.6 is 34.5 Å². The first kappa shape index (κ1) is 22.9. The third kappa shape index (κ3) is 5.75. The summed E-state index contributed by atoms with van der Waals surface area (Å²) < 4.78 is 19.7. The van der Waals surface area contributed by atoms with Gasteiger partial charge in [0.1, 0.15) is 18.2 Å². The number of hydrazine groups is 1. The molecule has 1 amide bonds. The van der Waals surface area contributed by atoms with Gasteiger partial charge in [0, 0.05) is 30.6 Å². The number of aromatic nitrogens is 1. The second-order valence-corrected chi connectivity index (χ2v) is 9.48. The number of ether oxygens (including phenoxy) is 1. The Morgan fingerprint density at radius 3 is 2.72 bits per heavy atom. The molecule has 168 valence electrons. The summed E-state index contributed by atoms with van der Waals surface area (Å²) in [6.45, 7) is 1.17. The number of nitrogens with one attached hydrogen (secondary N) is 1. The van der Waals surface area contributed by atoms with Crippen LogP contribution in [-0.4, -0.2) is 41.4 Å². The van der Waals surface area contributed by atoms with Crippen molar-refractivity contribution >= 4 is 56.4 Å². The average molecular weight is 496 g/mol. The zero-order valence-corrected chi connectivity index (χ0v) is 19.3. The predicted molar refractivity (Wildman–Crippen MR) is 123 cm³/mol. The fraction of sp³-hybridized carbons (Fsp3) is 0.318. The highest BCUT2D eigenvalue weighted by Gasteiger charge is 2.24. The lowest BCUT2D eigenvalue weighted by Crippen LogP contribution is -2.46. The molecule has 0 spiro atoms. The molecule has 2 heterocycles. The maximum atomic E-state index is 13.4. The van der Waals surface area contributed by atoms with Crippen molar-refractivity contribution in [2.24, 2.45) is 5.92 Å². The van der Waals surface area contributed by atoms with Crippen LogP contribution in [0.3, 0.4) is 0 Å². The van der Waals surface area contributed by atoms with E-state index in [4.69, 9.17) is 27.9 Å². The number of nitrogens with zero attached hydrogens (tertiary/aromatic N) is 2. The van der Waals surface area contributed by atoms with Gasteiger partial charge < -0.3 is 4.74 Å². The van der Waals surface area contributed by atoms with Gasteiger partial charge in [-0.15, -0.1) is 11.3 Å². The lowest BCUT2D eigenvalue weighted by atomic mass is 9.92. The number of benzene rings is 2. The van der Waals surface area contributed by atoms with E-state index in [9.17, 15) is 14.0 Å². The average Bonchev–Trinajstić information content (AvgIpc) is 3.19. The van der Waals surface area contributed by atoms with Crippen LogP contribution in [0.25, 0.3) is 10.2 Å². The molecule has 0 saturated carbocycles. The molecule has 1 fully saturated rings. The van der Waals surface area contributed by atoms with Crippen LogP contribution in [0, 0.1) is 11.7 Å². The second kappa shape index (κ2) is 10.1. The van der Waals surface area contributed by atoms with Crippen molar-refractivity contribution in [2.45, 2.75) is 19.3 Å². The first-order valence-corrected chi connectivity index (χ1v) is 11.7. The van der Waals surface area contributed by atoms with Crippen LogP contribution in [0.15, 0.2) is 36.4 Å². The Hall–Kier alpha value is -2.26. The molecule has 3 aromatic rings. The largest absolute Gasteiger partial charge is 0.486 e. The zero-order valence-electron chi connectivity index (χ0n) is 16.9. The number of thiazole rings is 1. The highest BCUT2D eigenvalue weighted by atomic mass is 35.5. The molecule has 1 aliphatic heterocycles. The molecule has 0 radical (unpaired) electrons. The molecule has 4 rings (SSSR count). The predicted octanol–water partition coefficient (Wildman–Crippen LogP) is 5.14. The summed E-state index contributed by atoms with van der Waals surface area (Å²) in [5.41, 5.74) is 3.60. The molecule has 6 nitrogen and oxygen atoms in total. The van der Waals surface area contributed by atoms with Crippen molar-refractivity contribution < 1.29 is 18.7 Å². The number of amides is 1. The number of hydrogen-bond acceptors (Lipinski definition) is 6. The van der Waals surface area contributed by atoms with Gasteiger partial charge in [-0.05, 0) is 49.1 Å². The van der Waals surface area contributed by atoms with E-state index in [0.717, 1.165) is 23.6 Å². The standard InChI is InChI=1S/C22H20Cl2FN3O3S/c23-14-1-4-20-19(10-14)26-22(32-20)21(30)27-28-7-5-13(6-8-28)9-15(29)12-31-16-2-3-17(24)18(25)11-16/h1-4,10-11,13H,5-9,12H2,(H,27,30). The fourth-order valence-corrected chi connectivity index (χ4v) is 4.67. The van der Waals surface area contributed by atoms with Crippen LogP contribution in [0.5, 0.6) is 5.75 Å². The Labute approximate surface area is 198 Å². The van der Waals surface area contributed by atoms with Crippen molar-refractivity contribution in [1.82, 2.24) is 15.4 Å². The summed E-state index contributed by atoms with van der Waals surface area (Å²) in [5, 5.41) is 2.83. The van der Waals surface area contributed by atoms with Gasteiger partial charge in [-0.25, -0.2) is 14.4 Å². The van der Waals surface area contributed by atoms with E-state index in [1.54, 1.807) is 12.1 Å². The van der Waals surface area contributed by atoms with E-state index in [0.29, 0.717) is 35.1 Å². The highest BCUT2D eigenvalue weighted by molar-refractivity contribution is 7.20. The molecule has 1 aromatic heterocycles. The maximum absolute atomic E-state index is 13.4. The maximum Gasteiger partial charge on any atom is 0.294 e. The molecule has 0 aliphatic carbocycles. The van der Waals surface area contributed by atoms with Crippen molar-refractivity contribution in [3.63, 3.8) is 0 Å². The minimum atomic E-state index is -0.583. The molecule has 32 heavy (non-hydrogen) atoms. The minimum Gasteiger partial charge on any atom is -0.486 e. The van der Waals surface area contributed by atoms with Gasteiger partial charge in [0.2, 0.25) is 0 Å². The number of carbonyl (C=O) groups excluding carboxylic acids is 2. The number of carbonyl (C=O) groups is 2. The smallest absolute Gasteiger partial charge is 0.294 e. The Morgan fingerprint density at radius 2 is 1.97 bits per heavy atom. The molecule has 2 aromatic carbocycles. The zero-order chi connectivity index (χ0) is 22.7. The number of hydrogen-bond donors (Lipinski definition) is 1. The quantitative estimate of drug-likeness (QED) is 0.491. The summed E-state index contributed by atoms with van der Waals surface area (Å²) in [4.78, 5) is 29.1. The topological polar surface area (TPSA) is 71.5 Å². The molecular weight excluding hydrogens is 476 g/mol. The summed E-state index contributed by atoms with van der Waals surface area (Å²) in [6.07, 6.45) is 1.94. The third-order valence-electron chi connectivity index (χ3n) is 5.23. The number of piperidine rings is 1. The number of Topliss-reactive ketones (excluding diaryl/α,β-unsaturated/α-hetero) is 1. The summed E-state index contributed by atoms with van der Waals surface area (Å²) in [6, 6.07) is 9.44. The molecule has 1 aliphatic rings. The normalized spacial score (nSPS) is 15.1. The summed E-state index contributed by atoms with van der Waals surface area (Å²) >= 11 is 12.9. The Kier molecular flexibility index (Phi) is 7.25. The molecule has 0 atom stereocenters. The number of fused-ring (bicyclic) bond motifs is 1. The van der Waals surface area contributed by atoms with Crippen LogP contribution in [0.4, 0.5) is 4.39 Å². The first-order valence-electron chi connectivity index (χ1n) is 10.1. The highest BCUT2D eigenvalue weighted by Crippen LogP contribution is 2.26. The molecule has 10 heteroatoms. The molecular formula is C22H20Cl2FN3O3S. The molecule has 0 unspecified atom stereocenters. The molecule has 1 saturated heterocycles. The van der Waals surface area contributed by atoms with Gasteiger partial charge in [-0.3, -0.25) is 15.0 Å². The minimum absolute atomic E-state index is 0.00931. The monoisotopic (exact) mass is 495 g/mol. The van der Waals surface area contributed by atoms with Gasteiger partial charge >= 0.3 is 0 Å². The first-order chi connectivity index (χ1) is 15.4. The van der Waals surface area contributed by atoms with Gasteiger partial charge in [0.05, 0.1) is 15.2 Å². The van der Waals surface area contributed by atoms with Crippen molar-refractivity contribution in [1.29, 1.82) is 0 Å². The third-order valence-corrected chi connectivity index (χ3v) is 6.80. The number of halogens is 3. The van der Waals surface area contributed by atoms with E-state index in [1.807, 2.05) is 11.1 Å².